The Balaban J connectivity index is 1.60. The molecule has 2 heterocycles. The second-order valence-corrected chi connectivity index (χ2v) is 7.80. The first kappa shape index (κ1) is 15.4. The number of carbonyl (C=O) groups is 2. The van der Waals surface area contributed by atoms with Crippen LogP contribution in [0.3, 0.4) is 0 Å². The van der Waals surface area contributed by atoms with E-state index >= 15 is 0 Å². The third-order valence-corrected chi connectivity index (χ3v) is 5.87. The largest absolute Gasteiger partial charge is 0.317 e. The van der Waals surface area contributed by atoms with Crippen molar-refractivity contribution in [2.45, 2.75) is 39.2 Å². The summed E-state index contributed by atoms with van der Waals surface area (Å²) in [6.45, 7) is 4.01. The normalized spacial score (nSPS) is 19.2. The van der Waals surface area contributed by atoms with Crippen molar-refractivity contribution in [3.8, 4) is 0 Å². The van der Waals surface area contributed by atoms with Crippen LogP contribution in [0.15, 0.2) is 30.3 Å². The zero-order valence-electron chi connectivity index (χ0n) is 13.8. The second-order valence-electron chi connectivity index (χ2n) is 6.74. The first-order valence-corrected chi connectivity index (χ1v) is 9.19. The van der Waals surface area contributed by atoms with Crippen LogP contribution in [0.4, 0.5) is 10.7 Å². The summed E-state index contributed by atoms with van der Waals surface area (Å²) in [6.07, 6.45) is 2.84. The Kier molecular flexibility index (Phi) is 3.68. The molecular formula is C19H20N2O2S. The number of anilines is 2. The quantitative estimate of drug-likeness (QED) is 0.918. The van der Waals surface area contributed by atoms with Gasteiger partial charge >= 0.3 is 0 Å². The molecule has 0 radical (unpaired) electrons. The van der Waals surface area contributed by atoms with Crippen molar-refractivity contribution in [1.82, 2.24) is 0 Å². The molecule has 1 fully saturated rings. The van der Waals surface area contributed by atoms with Crippen LogP contribution in [-0.2, 0) is 11.2 Å². The molecule has 2 aromatic rings. The Hall–Kier alpha value is -2.14. The molecule has 24 heavy (non-hydrogen) atoms. The predicted octanol–water partition coefficient (Wildman–Crippen LogP) is 4.00. The lowest BCUT2D eigenvalue weighted by atomic mass is 10.1. The lowest BCUT2D eigenvalue weighted by Crippen LogP contribution is -2.35. The minimum absolute atomic E-state index is 0.0295. The van der Waals surface area contributed by atoms with Crippen LogP contribution < -0.4 is 10.2 Å². The summed E-state index contributed by atoms with van der Waals surface area (Å²) in [5.41, 5.74) is 3.15. The van der Waals surface area contributed by atoms with Crippen molar-refractivity contribution in [2.24, 2.45) is 5.92 Å². The average Bonchev–Trinajstić information content (AvgIpc) is 3.26. The predicted molar refractivity (Wildman–Crippen MR) is 96.8 cm³/mol. The molecular weight excluding hydrogens is 320 g/mol. The number of fused-ring (bicyclic) bond motifs is 1. The van der Waals surface area contributed by atoms with Crippen molar-refractivity contribution < 1.29 is 9.59 Å². The van der Waals surface area contributed by atoms with E-state index in [2.05, 4.69) is 18.3 Å². The highest BCUT2D eigenvalue weighted by molar-refractivity contribution is 7.18. The third kappa shape index (κ3) is 2.63. The van der Waals surface area contributed by atoms with Gasteiger partial charge in [0.25, 0.3) is 5.91 Å². The topological polar surface area (TPSA) is 49.4 Å². The first-order chi connectivity index (χ1) is 11.5. The first-order valence-electron chi connectivity index (χ1n) is 8.37. The van der Waals surface area contributed by atoms with Crippen LogP contribution in [0.2, 0.25) is 0 Å². The minimum atomic E-state index is 0.0295. The number of aryl methyl sites for hydroxylation is 1. The van der Waals surface area contributed by atoms with E-state index in [1.54, 1.807) is 0 Å². The van der Waals surface area contributed by atoms with Crippen LogP contribution in [0.1, 0.15) is 40.6 Å². The monoisotopic (exact) mass is 340 g/mol. The summed E-state index contributed by atoms with van der Waals surface area (Å²) in [6, 6.07) is 10.1. The number of rotatable bonds is 3. The van der Waals surface area contributed by atoms with Gasteiger partial charge in [0.05, 0.1) is 9.88 Å². The summed E-state index contributed by atoms with van der Waals surface area (Å²) in [5.74, 6) is 0.272. The fourth-order valence-electron chi connectivity index (χ4n) is 3.31. The molecule has 0 spiro atoms. The number of benzene rings is 1. The molecule has 4 rings (SSSR count). The Morgan fingerprint density at radius 3 is 2.75 bits per heavy atom. The zero-order chi connectivity index (χ0) is 16.8. The molecule has 2 amide bonds. The number of carbonyl (C=O) groups excluding carboxylic acids is 2. The van der Waals surface area contributed by atoms with E-state index in [9.17, 15) is 9.59 Å². The van der Waals surface area contributed by atoms with Gasteiger partial charge in [-0.25, -0.2) is 0 Å². The van der Waals surface area contributed by atoms with Gasteiger partial charge in [0.1, 0.15) is 0 Å². The van der Waals surface area contributed by atoms with Crippen molar-refractivity contribution in [3.05, 3.63) is 46.3 Å². The van der Waals surface area contributed by atoms with Crippen LogP contribution >= 0.6 is 11.3 Å². The van der Waals surface area contributed by atoms with Gasteiger partial charge in [-0.05, 0) is 56.4 Å². The highest BCUT2D eigenvalue weighted by Crippen LogP contribution is 2.37. The molecule has 1 aromatic carbocycles. The van der Waals surface area contributed by atoms with Crippen LogP contribution in [0.5, 0.6) is 0 Å². The molecule has 4 nitrogen and oxygen atoms in total. The van der Waals surface area contributed by atoms with Crippen LogP contribution in [0.25, 0.3) is 0 Å². The molecule has 1 N–H and O–H groups in total. The number of nitrogens with one attached hydrogen (secondary N) is 1. The standard InChI is InChI=1S/C19H20N2O2S/c1-11-9-16(20-18(22)13-7-8-13)24-17(11)19(23)21-12(2)10-14-5-3-4-6-15(14)21/h3-6,9,12-13H,7-8,10H2,1-2H3,(H,20,22)/t12-/m0/s1. The maximum absolute atomic E-state index is 13.1. The fraction of sp³-hybridized carbons (Fsp3) is 0.368. The van der Waals surface area contributed by atoms with Crippen molar-refractivity contribution >= 4 is 33.8 Å². The number of amides is 2. The van der Waals surface area contributed by atoms with E-state index in [0.717, 1.165) is 35.5 Å². The lowest BCUT2D eigenvalue weighted by Gasteiger charge is -2.22. The molecule has 2 aliphatic rings. The average molecular weight is 340 g/mol. The van der Waals surface area contributed by atoms with E-state index in [0.29, 0.717) is 4.88 Å². The Morgan fingerprint density at radius 1 is 1.25 bits per heavy atom. The van der Waals surface area contributed by atoms with Gasteiger partial charge in [0.2, 0.25) is 5.91 Å². The smallest absolute Gasteiger partial charge is 0.268 e. The molecule has 1 aliphatic heterocycles. The SMILES string of the molecule is Cc1cc(NC(=O)C2CC2)sc1C(=O)N1c2ccccc2C[C@@H]1C. The maximum Gasteiger partial charge on any atom is 0.268 e. The summed E-state index contributed by atoms with van der Waals surface area (Å²) in [7, 11) is 0. The Morgan fingerprint density at radius 2 is 2.00 bits per heavy atom. The van der Waals surface area contributed by atoms with Crippen molar-refractivity contribution in [3.63, 3.8) is 0 Å². The second kappa shape index (κ2) is 5.74. The van der Waals surface area contributed by atoms with Crippen molar-refractivity contribution in [2.75, 3.05) is 10.2 Å². The summed E-state index contributed by atoms with van der Waals surface area (Å²) in [5, 5.41) is 3.72. The molecule has 1 aromatic heterocycles. The van der Waals surface area contributed by atoms with Gasteiger partial charge in [-0.15, -0.1) is 11.3 Å². The number of para-hydroxylation sites is 1. The molecule has 0 saturated heterocycles. The van der Waals surface area contributed by atoms with E-state index in [4.69, 9.17) is 0 Å². The van der Waals surface area contributed by atoms with E-state index in [1.807, 2.05) is 36.1 Å². The van der Waals surface area contributed by atoms with Gasteiger partial charge in [-0.3, -0.25) is 9.59 Å². The van der Waals surface area contributed by atoms with Gasteiger partial charge in [0.15, 0.2) is 0 Å². The summed E-state index contributed by atoms with van der Waals surface area (Å²) in [4.78, 5) is 27.6. The molecule has 1 saturated carbocycles. The maximum atomic E-state index is 13.1. The Labute approximate surface area is 145 Å². The zero-order valence-corrected chi connectivity index (χ0v) is 14.7. The van der Waals surface area contributed by atoms with Gasteiger partial charge < -0.3 is 10.2 Å². The number of thiophene rings is 1. The lowest BCUT2D eigenvalue weighted by molar-refractivity contribution is -0.117. The van der Waals surface area contributed by atoms with Gasteiger partial charge in [0, 0.05) is 17.6 Å². The number of hydrogen-bond donors (Lipinski definition) is 1. The summed E-state index contributed by atoms with van der Waals surface area (Å²) >= 11 is 1.38. The van der Waals surface area contributed by atoms with Crippen LogP contribution in [-0.4, -0.2) is 17.9 Å². The van der Waals surface area contributed by atoms with Crippen molar-refractivity contribution in [1.29, 1.82) is 0 Å². The number of hydrogen-bond acceptors (Lipinski definition) is 3. The van der Waals surface area contributed by atoms with E-state index in [1.165, 1.54) is 16.9 Å². The van der Waals surface area contributed by atoms with E-state index in [-0.39, 0.29) is 23.8 Å². The Bertz CT molecular complexity index is 823. The third-order valence-electron chi connectivity index (χ3n) is 4.73. The van der Waals surface area contributed by atoms with Gasteiger partial charge in [-0.1, -0.05) is 18.2 Å². The van der Waals surface area contributed by atoms with Crippen LogP contribution in [0, 0.1) is 12.8 Å². The highest BCUT2D eigenvalue weighted by Gasteiger charge is 2.33. The van der Waals surface area contributed by atoms with Gasteiger partial charge in [-0.2, -0.15) is 0 Å². The molecule has 1 atom stereocenters. The molecule has 0 bridgehead atoms. The number of nitrogens with zero attached hydrogens (tertiary/aromatic N) is 1. The molecule has 0 unspecified atom stereocenters. The molecule has 1 aliphatic carbocycles. The summed E-state index contributed by atoms with van der Waals surface area (Å²) < 4.78 is 0. The fourth-order valence-corrected chi connectivity index (χ4v) is 4.32. The highest BCUT2D eigenvalue weighted by atomic mass is 32.1. The molecule has 5 heteroatoms. The minimum Gasteiger partial charge on any atom is -0.317 e. The van der Waals surface area contributed by atoms with E-state index < -0.39 is 0 Å². The molecule has 124 valence electrons.